The molecule has 1 amide bonds. The van der Waals surface area contributed by atoms with Gasteiger partial charge in [-0.05, 0) is 30.1 Å². The van der Waals surface area contributed by atoms with Crippen molar-refractivity contribution < 1.29 is 9.53 Å². The van der Waals surface area contributed by atoms with Crippen molar-refractivity contribution in [3.05, 3.63) is 40.9 Å². The molecule has 1 aromatic heterocycles. The quantitative estimate of drug-likeness (QED) is 0.819. The normalized spacial score (nSPS) is 10.2. The number of nitrogens with zero attached hydrogens (tertiary/aromatic N) is 2. The maximum Gasteiger partial charge on any atom is 0.265 e. The Morgan fingerprint density at radius 3 is 2.89 bits per heavy atom. The average molecular weight is 277 g/mol. The van der Waals surface area contributed by atoms with Crippen LogP contribution in [0.5, 0.6) is 5.75 Å². The summed E-state index contributed by atoms with van der Waals surface area (Å²) < 4.78 is 9.28. The molecule has 1 aromatic carbocycles. The zero-order valence-corrected chi connectivity index (χ0v) is 11.4. The highest BCUT2D eigenvalue weighted by Crippen LogP contribution is 2.10. The van der Waals surface area contributed by atoms with Gasteiger partial charge in [0, 0.05) is 0 Å². The third-order valence-electron chi connectivity index (χ3n) is 2.50. The average Bonchev–Trinajstić information content (AvgIpc) is 2.93. The maximum absolute atomic E-state index is 11.9. The van der Waals surface area contributed by atoms with Crippen molar-refractivity contribution in [1.29, 1.82) is 0 Å². The molecule has 2 aromatic rings. The summed E-state index contributed by atoms with van der Waals surface area (Å²) in [4.78, 5) is 12.4. The number of hydrogen-bond donors (Lipinski definition) is 1. The molecule has 5 nitrogen and oxygen atoms in total. The van der Waals surface area contributed by atoms with Gasteiger partial charge >= 0.3 is 0 Å². The Morgan fingerprint density at radius 1 is 1.37 bits per heavy atom. The highest BCUT2D eigenvalue weighted by atomic mass is 32.1. The Hall–Kier alpha value is -1.95. The number of nitrogens with one attached hydrogen (secondary N) is 1. The molecular weight excluding hydrogens is 262 g/mol. The van der Waals surface area contributed by atoms with Crippen molar-refractivity contribution in [2.24, 2.45) is 0 Å². The first kappa shape index (κ1) is 13.5. The van der Waals surface area contributed by atoms with E-state index in [0.29, 0.717) is 24.4 Å². The lowest BCUT2D eigenvalue weighted by Gasteiger charge is -2.06. The first-order chi connectivity index (χ1) is 9.31. The number of benzene rings is 1. The number of para-hydroxylation sites is 1. The minimum atomic E-state index is -0.136. The van der Waals surface area contributed by atoms with Crippen LogP contribution in [-0.4, -0.2) is 28.6 Å². The molecule has 0 unspecified atom stereocenters. The monoisotopic (exact) mass is 277 g/mol. The van der Waals surface area contributed by atoms with E-state index in [-0.39, 0.29) is 5.91 Å². The number of carbonyl (C=O) groups excluding carboxylic acids is 1. The van der Waals surface area contributed by atoms with E-state index in [9.17, 15) is 4.79 Å². The van der Waals surface area contributed by atoms with Crippen molar-refractivity contribution >= 4 is 17.4 Å². The Labute approximate surface area is 115 Å². The molecule has 0 saturated carbocycles. The molecule has 0 radical (unpaired) electrons. The highest BCUT2D eigenvalue weighted by molar-refractivity contribution is 7.08. The number of aryl methyl sites for hydroxylation is 1. The van der Waals surface area contributed by atoms with Crippen molar-refractivity contribution in [3.8, 4) is 5.75 Å². The molecule has 0 aliphatic heterocycles. The summed E-state index contributed by atoms with van der Waals surface area (Å²) in [6.07, 6.45) is 0.708. The summed E-state index contributed by atoms with van der Waals surface area (Å²) in [5, 5.41) is 6.70. The van der Waals surface area contributed by atoms with Crippen LogP contribution in [0.25, 0.3) is 0 Å². The number of carbonyl (C=O) groups is 1. The lowest BCUT2D eigenvalue weighted by atomic mass is 10.3. The molecule has 0 bridgehead atoms. The maximum atomic E-state index is 11.9. The highest BCUT2D eigenvalue weighted by Gasteiger charge is 2.13. The molecule has 0 atom stereocenters. The van der Waals surface area contributed by atoms with Gasteiger partial charge in [-0.1, -0.05) is 29.6 Å². The molecule has 6 heteroatoms. The van der Waals surface area contributed by atoms with Crippen molar-refractivity contribution in [3.63, 3.8) is 0 Å². The van der Waals surface area contributed by atoms with Crippen LogP contribution in [0.1, 0.15) is 22.3 Å². The van der Waals surface area contributed by atoms with E-state index in [1.165, 1.54) is 0 Å². The van der Waals surface area contributed by atoms with Crippen molar-refractivity contribution in [2.45, 2.75) is 13.3 Å². The first-order valence-corrected chi connectivity index (χ1v) is 6.86. The molecule has 0 saturated heterocycles. The molecule has 2 rings (SSSR count). The smallest absolute Gasteiger partial charge is 0.265 e. The number of amides is 1. The van der Waals surface area contributed by atoms with E-state index >= 15 is 0 Å². The van der Waals surface area contributed by atoms with E-state index in [2.05, 4.69) is 14.9 Å². The van der Waals surface area contributed by atoms with E-state index in [0.717, 1.165) is 23.0 Å². The van der Waals surface area contributed by atoms with Gasteiger partial charge in [0.1, 0.15) is 17.2 Å². The van der Waals surface area contributed by atoms with Crippen LogP contribution in [-0.2, 0) is 6.42 Å². The largest absolute Gasteiger partial charge is 0.492 e. The van der Waals surface area contributed by atoms with Crippen LogP contribution in [0.4, 0.5) is 0 Å². The lowest BCUT2D eigenvalue weighted by Crippen LogP contribution is -2.28. The first-order valence-electron chi connectivity index (χ1n) is 6.08. The number of rotatable bonds is 6. The molecule has 0 aliphatic carbocycles. The molecule has 1 N–H and O–H groups in total. The summed E-state index contributed by atoms with van der Waals surface area (Å²) >= 11 is 1.12. The molecule has 0 fully saturated rings. The van der Waals surface area contributed by atoms with E-state index in [4.69, 9.17) is 4.74 Å². The fourth-order valence-corrected chi connectivity index (χ4v) is 2.21. The predicted octanol–water partition coefficient (Wildman–Crippen LogP) is 1.91. The van der Waals surface area contributed by atoms with Gasteiger partial charge in [0.05, 0.1) is 12.2 Å². The third-order valence-corrected chi connectivity index (χ3v) is 3.26. The van der Waals surface area contributed by atoms with E-state index < -0.39 is 0 Å². The van der Waals surface area contributed by atoms with Crippen molar-refractivity contribution in [2.75, 3.05) is 13.2 Å². The molecule has 0 spiro atoms. The SMILES string of the molecule is CCc1nnsc1C(=O)NCCOc1ccccc1. The number of aromatic nitrogens is 2. The third kappa shape index (κ3) is 3.75. The van der Waals surface area contributed by atoms with Gasteiger partial charge in [-0.15, -0.1) is 5.10 Å². The van der Waals surface area contributed by atoms with E-state index in [1.54, 1.807) is 0 Å². The number of ether oxygens (including phenoxy) is 1. The van der Waals surface area contributed by atoms with Gasteiger partial charge in [-0.25, -0.2) is 0 Å². The molecule has 0 aliphatic rings. The van der Waals surface area contributed by atoms with Gasteiger partial charge < -0.3 is 10.1 Å². The van der Waals surface area contributed by atoms with Crippen LogP contribution in [0.15, 0.2) is 30.3 Å². The fraction of sp³-hybridized carbons (Fsp3) is 0.308. The van der Waals surface area contributed by atoms with Gasteiger partial charge in [-0.2, -0.15) is 0 Å². The minimum absolute atomic E-state index is 0.136. The standard InChI is InChI=1S/C13H15N3O2S/c1-2-11-12(19-16-15-11)13(17)14-8-9-18-10-6-4-3-5-7-10/h3-7H,2,8-9H2,1H3,(H,14,17). The van der Waals surface area contributed by atoms with Gasteiger partial charge in [0.25, 0.3) is 5.91 Å². The van der Waals surface area contributed by atoms with Gasteiger partial charge in [-0.3, -0.25) is 4.79 Å². The molecule has 100 valence electrons. The minimum Gasteiger partial charge on any atom is -0.492 e. The summed E-state index contributed by atoms with van der Waals surface area (Å²) in [5.74, 6) is 0.661. The Balaban J connectivity index is 1.75. The van der Waals surface area contributed by atoms with Crippen molar-refractivity contribution in [1.82, 2.24) is 14.9 Å². The zero-order chi connectivity index (χ0) is 13.5. The summed E-state index contributed by atoms with van der Waals surface area (Å²) in [5.41, 5.74) is 0.742. The summed E-state index contributed by atoms with van der Waals surface area (Å²) in [6.45, 7) is 2.84. The summed E-state index contributed by atoms with van der Waals surface area (Å²) in [6, 6.07) is 9.50. The Bertz CT molecular complexity index is 528. The van der Waals surface area contributed by atoms with Crippen LogP contribution in [0, 0.1) is 0 Å². The molecule has 1 heterocycles. The number of hydrogen-bond acceptors (Lipinski definition) is 5. The molecule has 19 heavy (non-hydrogen) atoms. The van der Waals surface area contributed by atoms with Crippen LogP contribution in [0.2, 0.25) is 0 Å². The lowest BCUT2D eigenvalue weighted by molar-refractivity contribution is 0.0950. The van der Waals surface area contributed by atoms with Crippen LogP contribution in [0.3, 0.4) is 0 Å². The van der Waals surface area contributed by atoms with Gasteiger partial charge in [0.15, 0.2) is 0 Å². The molecular formula is C13H15N3O2S. The summed E-state index contributed by atoms with van der Waals surface area (Å²) in [7, 11) is 0. The Kier molecular flexibility index (Phi) is 4.85. The second-order valence-corrected chi connectivity index (χ2v) is 4.57. The fourth-order valence-electron chi connectivity index (χ4n) is 1.54. The van der Waals surface area contributed by atoms with Crippen LogP contribution >= 0.6 is 11.5 Å². The topological polar surface area (TPSA) is 64.1 Å². The van der Waals surface area contributed by atoms with Gasteiger partial charge in [0.2, 0.25) is 0 Å². The predicted molar refractivity (Wildman–Crippen MR) is 73.6 cm³/mol. The van der Waals surface area contributed by atoms with E-state index in [1.807, 2.05) is 37.3 Å². The zero-order valence-electron chi connectivity index (χ0n) is 10.6. The second-order valence-electron chi connectivity index (χ2n) is 3.82. The van der Waals surface area contributed by atoms with Crippen LogP contribution < -0.4 is 10.1 Å². The second kappa shape index (κ2) is 6.84. The Morgan fingerprint density at radius 2 is 2.16 bits per heavy atom.